The Balaban J connectivity index is 1.17. The Kier molecular flexibility index (Phi) is 11.2. The van der Waals surface area contributed by atoms with Gasteiger partial charge in [0.15, 0.2) is 12.2 Å². The van der Waals surface area contributed by atoms with E-state index in [-0.39, 0.29) is 23.8 Å². The number of aryl methyl sites for hydroxylation is 2. The molecule has 7 heteroatoms. The Morgan fingerprint density at radius 2 is 1.46 bits per heavy atom. The van der Waals surface area contributed by atoms with Crippen LogP contribution in [0.25, 0.3) is 11.0 Å². The molecule has 4 heterocycles. The number of rotatable bonds is 6. The van der Waals surface area contributed by atoms with Gasteiger partial charge in [0.1, 0.15) is 16.9 Å². The van der Waals surface area contributed by atoms with E-state index in [9.17, 15) is 14.4 Å². The highest BCUT2D eigenvalue weighted by molar-refractivity contribution is 5.90. The van der Waals surface area contributed by atoms with Gasteiger partial charge in [-0.2, -0.15) is 0 Å². The molecule has 0 amide bonds. The van der Waals surface area contributed by atoms with Gasteiger partial charge in [-0.25, -0.2) is 9.59 Å². The lowest BCUT2D eigenvalue weighted by Gasteiger charge is -2.48. The second-order valence-electron chi connectivity index (χ2n) is 16.7. The van der Waals surface area contributed by atoms with Crippen molar-refractivity contribution in [3.8, 4) is 5.75 Å². The quantitative estimate of drug-likeness (QED) is 0.0966. The molecule has 1 aliphatic carbocycles. The van der Waals surface area contributed by atoms with E-state index in [1.54, 1.807) is 6.07 Å². The first-order valence-corrected chi connectivity index (χ1v) is 20.6. The Labute approximate surface area is 335 Å². The molecule has 3 aliphatic heterocycles. The van der Waals surface area contributed by atoms with Crippen molar-refractivity contribution in [2.45, 2.75) is 109 Å². The Bertz CT molecular complexity index is 2330. The predicted molar refractivity (Wildman–Crippen MR) is 221 cm³/mol. The zero-order chi connectivity index (χ0) is 39.5. The maximum atomic E-state index is 14.6. The standard InChI is InChI=1S/C50H52O7/c1-32(2)41-25-22-33-16-18-36(19-17-33)30-38(21-20-35-12-9-13-37(29-35)28-34-10-5-4-6-11-34)31-44(52)55-47-45-42(26-23-39-24-27-43(51)54-46(39)45)57-50(3,40-14-7-8-15-40)48(47)56-49(41)53/h4-6,9-13,16-19,23-24,26-27,29,38,40,47-48H,7-8,14-15,20-22,25,28,30-31H2,1-3H3/t38-,47+,48+,50+/m1/s1. The van der Waals surface area contributed by atoms with Gasteiger partial charge in [-0.05, 0) is 124 Å². The normalized spacial score (nSPS) is 23.0. The minimum Gasteiger partial charge on any atom is -0.483 e. The van der Waals surface area contributed by atoms with Crippen LogP contribution in [0, 0.1) is 11.8 Å². The van der Waals surface area contributed by atoms with E-state index in [2.05, 4.69) is 72.8 Å². The lowest BCUT2D eigenvalue weighted by molar-refractivity contribution is -0.199. The van der Waals surface area contributed by atoms with E-state index in [0.29, 0.717) is 41.5 Å². The largest absolute Gasteiger partial charge is 0.483 e. The third-order valence-corrected chi connectivity index (χ3v) is 12.5. The minimum absolute atomic E-state index is 0.0294. The van der Waals surface area contributed by atoms with Crippen molar-refractivity contribution in [2.75, 3.05) is 0 Å². The van der Waals surface area contributed by atoms with Gasteiger partial charge in [0.05, 0.1) is 5.56 Å². The number of esters is 2. The summed E-state index contributed by atoms with van der Waals surface area (Å²) in [4.78, 5) is 41.7. The highest BCUT2D eigenvalue weighted by atomic mass is 16.6. The summed E-state index contributed by atoms with van der Waals surface area (Å²) < 4.78 is 26.1. The number of carbonyl (C=O) groups is 2. The van der Waals surface area contributed by atoms with Crippen molar-refractivity contribution >= 4 is 22.9 Å². The fourth-order valence-electron chi connectivity index (χ4n) is 9.34. The molecule has 0 saturated heterocycles. The molecule has 1 saturated carbocycles. The van der Waals surface area contributed by atoms with Crippen molar-refractivity contribution in [3.05, 3.63) is 158 Å². The van der Waals surface area contributed by atoms with Crippen LogP contribution in [0.3, 0.4) is 0 Å². The topological polar surface area (TPSA) is 92.0 Å². The molecule has 0 radical (unpaired) electrons. The Hall–Kier alpha value is -5.43. The van der Waals surface area contributed by atoms with Crippen molar-refractivity contribution < 1.29 is 28.2 Å². The van der Waals surface area contributed by atoms with E-state index in [0.717, 1.165) is 61.6 Å². The van der Waals surface area contributed by atoms with Gasteiger partial charge < -0.3 is 18.6 Å². The molecule has 57 heavy (non-hydrogen) atoms. The Morgan fingerprint density at radius 1 is 0.737 bits per heavy atom. The summed E-state index contributed by atoms with van der Waals surface area (Å²) in [7, 11) is 0. The lowest BCUT2D eigenvalue weighted by atomic mass is 9.76. The first kappa shape index (κ1) is 38.4. The summed E-state index contributed by atoms with van der Waals surface area (Å²) in [5.41, 5.74) is 6.66. The Morgan fingerprint density at radius 3 is 2.23 bits per heavy atom. The van der Waals surface area contributed by atoms with Crippen LogP contribution in [0.15, 0.2) is 123 Å². The molecule has 9 rings (SSSR count). The van der Waals surface area contributed by atoms with Crippen molar-refractivity contribution in [2.24, 2.45) is 11.8 Å². The molecule has 1 aromatic heterocycles. The molecule has 4 aromatic carbocycles. The maximum Gasteiger partial charge on any atom is 0.336 e. The van der Waals surface area contributed by atoms with Crippen molar-refractivity contribution in [3.63, 3.8) is 0 Å². The number of hydrogen-bond acceptors (Lipinski definition) is 7. The van der Waals surface area contributed by atoms with Crippen LogP contribution in [-0.4, -0.2) is 23.6 Å². The van der Waals surface area contributed by atoms with Crippen molar-refractivity contribution in [1.82, 2.24) is 0 Å². The van der Waals surface area contributed by atoms with Gasteiger partial charge in [-0.1, -0.05) is 97.3 Å². The second-order valence-corrected chi connectivity index (χ2v) is 16.7. The van der Waals surface area contributed by atoms with Crippen LogP contribution in [0.4, 0.5) is 0 Å². The second kappa shape index (κ2) is 16.6. The minimum atomic E-state index is -1.06. The van der Waals surface area contributed by atoms with Crippen molar-refractivity contribution in [1.29, 1.82) is 0 Å². The summed E-state index contributed by atoms with van der Waals surface area (Å²) in [6.45, 7) is 5.85. The van der Waals surface area contributed by atoms with Crippen LogP contribution >= 0.6 is 0 Å². The first-order chi connectivity index (χ1) is 27.6. The van der Waals surface area contributed by atoms with E-state index < -0.39 is 35.4 Å². The molecule has 0 N–H and O–H groups in total. The van der Waals surface area contributed by atoms with E-state index >= 15 is 0 Å². The van der Waals surface area contributed by atoms with E-state index in [4.69, 9.17) is 18.6 Å². The predicted octanol–water partition coefficient (Wildman–Crippen LogP) is 10.4. The average Bonchev–Trinajstić information content (AvgIpc) is 3.75. The van der Waals surface area contributed by atoms with Gasteiger partial charge in [0.2, 0.25) is 0 Å². The van der Waals surface area contributed by atoms with Crippen LogP contribution in [0.5, 0.6) is 5.75 Å². The van der Waals surface area contributed by atoms with Gasteiger partial charge >= 0.3 is 17.6 Å². The molecule has 1 fully saturated rings. The number of hydrogen-bond donors (Lipinski definition) is 0. The molecular weight excluding hydrogens is 713 g/mol. The highest BCUT2D eigenvalue weighted by Gasteiger charge is 2.56. The van der Waals surface area contributed by atoms with Gasteiger partial charge in [-0.3, -0.25) is 4.79 Å². The fourth-order valence-corrected chi connectivity index (χ4v) is 9.34. The van der Waals surface area contributed by atoms with Gasteiger partial charge in [0, 0.05) is 29.4 Å². The summed E-state index contributed by atoms with van der Waals surface area (Å²) in [6, 6.07) is 34.5. The molecule has 2 bridgehead atoms. The average molecular weight is 765 g/mol. The van der Waals surface area contributed by atoms with E-state index in [1.807, 2.05) is 39.0 Å². The maximum absolute atomic E-state index is 14.6. The molecule has 0 unspecified atom stereocenters. The summed E-state index contributed by atoms with van der Waals surface area (Å²) in [6.07, 6.45) is 6.27. The summed E-state index contributed by atoms with van der Waals surface area (Å²) in [5, 5.41) is 0.662. The molecule has 4 atom stereocenters. The van der Waals surface area contributed by atoms with Crippen LogP contribution in [0.2, 0.25) is 0 Å². The van der Waals surface area contributed by atoms with Crippen LogP contribution in [0.1, 0.15) is 105 Å². The fraction of sp³-hybridized carbons (Fsp3) is 0.380. The van der Waals surface area contributed by atoms with Crippen LogP contribution < -0.4 is 10.4 Å². The monoisotopic (exact) mass is 764 g/mol. The van der Waals surface area contributed by atoms with Crippen LogP contribution in [-0.2, 0) is 44.7 Å². The van der Waals surface area contributed by atoms with E-state index in [1.165, 1.54) is 22.8 Å². The van der Waals surface area contributed by atoms with Gasteiger partial charge in [-0.15, -0.1) is 0 Å². The highest BCUT2D eigenvalue weighted by Crippen LogP contribution is 2.52. The zero-order valence-electron chi connectivity index (χ0n) is 33.3. The summed E-state index contributed by atoms with van der Waals surface area (Å²) in [5.74, 6) is -0.354. The third kappa shape index (κ3) is 8.49. The SMILES string of the molecule is CC(C)=C1CCc2ccc(cc2)C[C@@H](CCc2cccc(Cc3ccccc3)c2)CC(=O)O[C@H]2c3c(ccc4ccc(=O)oc34)O[C@@](C)(C3CCCC3)[C@H]2OC1=O. The number of carbonyl (C=O) groups excluding carboxylic acids is 2. The lowest BCUT2D eigenvalue weighted by Crippen LogP contribution is -2.58. The third-order valence-electron chi connectivity index (χ3n) is 12.5. The molecule has 4 aliphatic rings. The molecule has 5 aromatic rings. The molecule has 294 valence electrons. The number of benzene rings is 4. The molecule has 0 spiro atoms. The van der Waals surface area contributed by atoms with Gasteiger partial charge in [0.25, 0.3) is 0 Å². The first-order valence-electron chi connectivity index (χ1n) is 20.6. The zero-order valence-corrected chi connectivity index (χ0v) is 33.3. The smallest absolute Gasteiger partial charge is 0.336 e. The molecular formula is C50H52O7. The number of ether oxygens (including phenoxy) is 3. The number of allylic oxidation sites excluding steroid dienone is 1. The molecule has 7 nitrogen and oxygen atoms in total. The summed E-state index contributed by atoms with van der Waals surface area (Å²) >= 11 is 0. The number of fused-ring (bicyclic) bond motifs is 13.